The zero-order chi connectivity index (χ0) is 16.6. The van der Waals surface area contributed by atoms with Crippen molar-refractivity contribution in [2.24, 2.45) is 5.73 Å². The molecule has 122 valence electrons. The van der Waals surface area contributed by atoms with Gasteiger partial charge in [0.05, 0.1) is 12.7 Å². The Kier molecular flexibility index (Phi) is 5.05. The van der Waals surface area contributed by atoms with E-state index in [4.69, 9.17) is 20.7 Å². The maximum atomic E-state index is 11.7. The molecule has 1 saturated heterocycles. The van der Waals surface area contributed by atoms with Gasteiger partial charge >= 0.3 is 5.97 Å². The lowest BCUT2D eigenvalue weighted by Crippen LogP contribution is -2.75. The van der Waals surface area contributed by atoms with Gasteiger partial charge in [-0.25, -0.2) is 4.79 Å². The molecule has 0 unspecified atom stereocenters. The third kappa shape index (κ3) is 2.92. The molecule has 1 heterocycles. The number of rotatable bonds is 5. The summed E-state index contributed by atoms with van der Waals surface area (Å²) >= 11 is 0. The highest BCUT2D eigenvalue weighted by molar-refractivity contribution is 5.88. The van der Waals surface area contributed by atoms with E-state index in [1.54, 1.807) is 0 Å². The monoisotopic (exact) mass is 309 g/mol. The third-order valence-electron chi connectivity index (χ3n) is 3.65. The molecule has 0 amide bonds. The predicted octanol–water partition coefficient (Wildman–Crippen LogP) is -4.09. The number of Topliss-reactive ketones (excluding diaryl/α,β-unsaturated/α-hetero) is 1. The molecule has 0 aromatic rings. The second kappa shape index (κ2) is 5.93. The van der Waals surface area contributed by atoms with Gasteiger partial charge in [-0.1, -0.05) is 0 Å². The number of carbonyl (C=O) groups is 2. The Labute approximate surface area is 119 Å². The standard InChI is InChI=1S/C11H19NO9/c1-4(14)11(12)6(16)2-10(20,9(18)19)21-8(11)7(17)5(15)3-13/h5-8,13,15-17,20H,2-3,12H2,1H3,(H,18,19)/t5-,6+,7-,8+,10-,11-/m1/s1. The molecule has 0 spiro atoms. The van der Waals surface area contributed by atoms with E-state index in [0.29, 0.717) is 0 Å². The van der Waals surface area contributed by atoms with Crippen LogP contribution < -0.4 is 5.73 Å². The average Bonchev–Trinajstić information content (AvgIpc) is 2.40. The summed E-state index contributed by atoms with van der Waals surface area (Å²) in [5.41, 5.74) is 3.47. The summed E-state index contributed by atoms with van der Waals surface area (Å²) in [4.78, 5) is 22.7. The van der Waals surface area contributed by atoms with Gasteiger partial charge in [-0.3, -0.25) is 4.79 Å². The maximum Gasteiger partial charge on any atom is 0.364 e. The summed E-state index contributed by atoms with van der Waals surface area (Å²) in [7, 11) is 0. The minimum absolute atomic E-state index is 0.850. The van der Waals surface area contributed by atoms with Crippen molar-refractivity contribution in [2.75, 3.05) is 6.61 Å². The zero-order valence-electron chi connectivity index (χ0n) is 11.2. The fourth-order valence-corrected chi connectivity index (χ4v) is 2.21. The number of aliphatic hydroxyl groups is 5. The van der Waals surface area contributed by atoms with E-state index in [-0.39, 0.29) is 0 Å². The number of hydrogen-bond acceptors (Lipinski definition) is 9. The first kappa shape index (κ1) is 17.9. The molecule has 1 rings (SSSR count). The molecule has 8 N–H and O–H groups in total. The van der Waals surface area contributed by atoms with Crippen LogP contribution in [-0.2, 0) is 14.3 Å². The zero-order valence-corrected chi connectivity index (χ0v) is 11.2. The molecule has 0 saturated carbocycles. The van der Waals surface area contributed by atoms with Crippen molar-refractivity contribution >= 4 is 11.8 Å². The van der Waals surface area contributed by atoms with Gasteiger partial charge in [0.2, 0.25) is 0 Å². The van der Waals surface area contributed by atoms with Crippen LogP contribution in [0, 0.1) is 0 Å². The first-order valence-corrected chi connectivity index (χ1v) is 6.09. The SMILES string of the molecule is CC(=O)[C@@]1(N)[C@@H](O)C[C@](O)(C(=O)O)O[C@H]1[C@H](O)[C@H](O)CO. The Balaban J connectivity index is 3.27. The number of ether oxygens (including phenoxy) is 1. The van der Waals surface area contributed by atoms with Crippen LogP contribution >= 0.6 is 0 Å². The molecule has 1 aliphatic rings. The number of nitrogens with two attached hydrogens (primary N) is 1. The van der Waals surface area contributed by atoms with E-state index in [9.17, 15) is 30.0 Å². The van der Waals surface area contributed by atoms with Gasteiger partial charge in [-0.05, 0) is 6.92 Å². The quantitative estimate of drug-likeness (QED) is 0.262. The first-order valence-electron chi connectivity index (χ1n) is 6.09. The summed E-state index contributed by atoms with van der Waals surface area (Å²) < 4.78 is 4.80. The summed E-state index contributed by atoms with van der Waals surface area (Å²) in [5.74, 6) is -5.60. The van der Waals surface area contributed by atoms with Gasteiger partial charge in [0.15, 0.2) is 5.78 Å². The lowest BCUT2D eigenvalue weighted by Gasteiger charge is -2.49. The number of aliphatic carboxylic acids is 1. The molecule has 6 atom stereocenters. The summed E-state index contributed by atoms with van der Waals surface area (Å²) in [6, 6.07) is 0. The van der Waals surface area contributed by atoms with E-state index in [1.165, 1.54) is 0 Å². The third-order valence-corrected chi connectivity index (χ3v) is 3.65. The Morgan fingerprint density at radius 2 is 1.95 bits per heavy atom. The molecule has 0 radical (unpaired) electrons. The topological polar surface area (TPSA) is 191 Å². The molecule has 10 heteroatoms. The van der Waals surface area contributed by atoms with E-state index in [1.807, 2.05) is 0 Å². The van der Waals surface area contributed by atoms with Crippen molar-refractivity contribution < 1.29 is 45.0 Å². The number of carboxylic acids is 1. The van der Waals surface area contributed by atoms with Gasteiger partial charge in [-0.2, -0.15) is 0 Å². The predicted molar refractivity (Wildman–Crippen MR) is 64.8 cm³/mol. The maximum absolute atomic E-state index is 11.7. The molecular weight excluding hydrogens is 290 g/mol. The molecule has 0 aromatic carbocycles. The number of ketones is 1. The minimum Gasteiger partial charge on any atom is -0.477 e. The highest BCUT2D eigenvalue weighted by atomic mass is 16.7. The van der Waals surface area contributed by atoms with E-state index in [2.05, 4.69) is 0 Å². The number of carbonyl (C=O) groups excluding carboxylic acids is 1. The molecule has 21 heavy (non-hydrogen) atoms. The van der Waals surface area contributed by atoms with E-state index in [0.717, 1.165) is 6.92 Å². The Morgan fingerprint density at radius 1 is 1.43 bits per heavy atom. The Bertz CT molecular complexity index is 430. The van der Waals surface area contributed by atoms with Crippen LogP contribution in [0.15, 0.2) is 0 Å². The Morgan fingerprint density at radius 3 is 2.33 bits per heavy atom. The van der Waals surface area contributed by atoms with Crippen molar-refractivity contribution in [1.82, 2.24) is 0 Å². The fourth-order valence-electron chi connectivity index (χ4n) is 2.21. The summed E-state index contributed by atoms with van der Waals surface area (Å²) in [5, 5.41) is 56.8. The fraction of sp³-hybridized carbons (Fsp3) is 0.818. The molecule has 0 bridgehead atoms. The molecular formula is C11H19NO9. The van der Waals surface area contributed by atoms with Crippen LogP contribution in [0.5, 0.6) is 0 Å². The van der Waals surface area contributed by atoms with Crippen molar-refractivity contribution in [3.63, 3.8) is 0 Å². The molecule has 1 fully saturated rings. The van der Waals surface area contributed by atoms with Crippen LogP contribution in [0.4, 0.5) is 0 Å². The molecule has 10 nitrogen and oxygen atoms in total. The molecule has 0 aliphatic carbocycles. The lowest BCUT2D eigenvalue weighted by atomic mass is 9.75. The second-order valence-electron chi connectivity index (χ2n) is 5.08. The van der Waals surface area contributed by atoms with Crippen molar-refractivity contribution in [3.05, 3.63) is 0 Å². The van der Waals surface area contributed by atoms with Crippen molar-refractivity contribution in [1.29, 1.82) is 0 Å². The van der Waals surface area contributed by atoms with Gasteiger partial charge < -0.3 is 41.1 Å². The van der Waals surface area contributed by atoms with Gasteiger partial charge in [0.1, 0.15) is 23.9 Å². The van der Waals surface area contributed by atoms with Crippen LogP contribution in [0.2, 0.25) is 0 Å². The van der Waals surface area contributed by atoms with E-state index < -0.39 is 60.5 Å². The van der Waals surface area contributed by atoms with Gasteiger partial charge in [0, 0.05) is 6.42 Å². The lowest BCUT2D eigenvalue weighted by molar-refractivity contribution is -0.303. The van der Waals surface area contributed by atoms with Crippen molar-refractivity contribution in [3.8, 4) is 0 Å². The number of hydrogen-bond donors (Lipinski definition) is 7. The van der Waals surface area contributed by atoms with Crippen LogP contribution in [0.3, 0.4) is 0 Å². The van der Waals surface area contributed by atoms with Crippen LogP contribution in [0.1, 0.15) is 13.3 Å². The molecule has 0 aromatic heterocycles. The van der Waals surface area contributed by atoms with Crippen molar-refractivity contribution in [2.45, 2.75) is 49.1 Å². The normalized spacial score (nSPS) is 39.6. The summed E-state index contributed by atoms with van der Waals surface area (Å²) in [6.07, 6.45) is -8.53. The van der Waals surface area contributed by atoms with Crippen LogP contribution in [0.25, 0.3) is 0 Å². The second-order valence-corrected chi connectivity index (χ2v) is 5.08. The number of carboxylic acid groups (broad SMARTS) is 1. The van der Waals surface area contributed by atoms with Crippen LogP contribution in [-0.4, -0.2) is 84.7 Å². The highest BCUT2D eigenvalue weighted by Crippen LogP contribution is 2.36. The summed E-state index contributed by atoms with van der Waals surface area (Å²) in [6.45, 7) is 0.0410. The minimum atomic E-state index is -2.89. The first-order chi connectivity index (χ1) is 9.50. The Hall–Kier alpha value is -1.14. The highest BCUT2D eigenvalue weighted by Gasteiger charge is 2.61. The largest absolute Gasteiger partial charge is 0.477 e. The smallest absolute Gasteiger partial charge is 0.364 e. The number of aliphatic hydroxyl groups excluding tert-OH is 4. The van der Waals surface area contributed by atoms with E-state index >= 15 is 0 Å². The average molecular weight is 309 g/mol. The van der Waals surface area contributed by atoms with Gasteiger partial charge in [0.25, 0.3) is 5.79 Å². The molecule has 1 aliphatic heterocycles. The van der Waals surface area contributed by atoms with Gasteiger partial charge in [-0.15, -0.1) is 0 Å².